The van der Waals surface area contributed by atoms with Crippen LogP contribution in [0, 0.1) is 0 Å². The summed E-state index contributed by atoms with van der Waals surface area (Å²) in [5.74, 6) is -0.743. The Bertz CT molecular complexity index is 1090. The molecule has 0 unspecified atom stereocenters. The fourth-order valence-electron chi connectivity index (χ4n) is 2.83. The first-order chi connectivity index (χ1) is 14.9. The van der Waals surface area contributed by atoms with Gasteiger partial charge >= 0.3 is 6.18 Å². The fourth-order valence-corrected chi connectivity index (χ4v) is 2.83. The molecule has 32 heavy (non-hydrogen) atoms. The van der Waals surface area contributed by atoms with E-state index in [0.717, 1.165) is 17.7 Å². The highest BCUT2D eigenvalue weighted by Crippen LogP contribution is 2.34. The molecule has 0 saturated heterocycles. The second-order valence-electron chi connectivity index (χ2n) is 8.03. The summed E-state index contributed by atoms with van der Waals surface area (Å²) in [5, 5.41) is 4.19. The number of hydrogen-bond donors (Lipinski definition) is 2. The molecule has 0 fully saturated rings. The number of nitrogen functional groups attached to an aromatic ring is 1. The van der Waals surface area contributed by atoms with E-state index >= 15 is 0 Å². The molecule has 0 aliphatic heterocycles. The molecule has 1 aromatic heterocycles. The molecule has 0 aliphatic rings. The third kappa shape index (κ3) is 5.58. The van der Waals surface area contributed by atoms with E-state index in [1.807, 2.05) is 20.8 Å². The number of carbonyl (C=O) groups is 1. The van der Waals surface area contributed by atoms with Gasteiger partial charge in [-0.05, 0) is 56.7 Å². The van der Waals surface area contributed by atoms with Crippen molar-refractivity contribution < 1.29 is 27.5 Å². The molecule has 3 rings (SSSR count). The maximum absolute atomic E-state index is 13.0. The molecule has 3 aromatic rings. The van der Waals surface area contributed by atoms with Gasteiger partial charge in [0.1, 0.15) is 5.75 Å². The van der Waals surface area contributed by atoms with E-state index in [9.17, 15) is 18.0 Å². The average Bonchev–Trinajstić information content (AvgIpc) is 3.13. The highest BCUT2D eigenvalue weighted by Gasteiger charge is 2.31. The second-order valence-corrected chi connectivity index (χ2v) is 8.03. The fraction of sp³-hybridized carbons (Fsp3) is 0.273. The number of rotatable bonds is 6. The molecule has 0 aliphatic carbocycles. The quantitative estimate of drug-likeness (QED) is 0.414. The molecule has 0 radical (unpaired) electrons. The third-order valence-electron chi connectivity index (χ3n) is 4.36. The topological polar surface area (TPSA) is 91.4 Å². The van der Waals surface area contributed by atoms with Crippen LogP contribution in [0.25, 0.3) is 0 Å². The van der Waals surface area contributed by atoms with Gasteiger partial charge in [-0.1, -0.05) is 18.2 Å². The number of halogens is 3. The molecule has 7 nitrogen and oxygen atoms in total. The Morgan fingerprint density at radius 3 is 2.44 bits per heavy atom. The number of nitrogens with zero attached hydrogens (tertiary/aromatic N) is 2. The van der Waals surface area contributed by atoms with Gasteiger partial charge < -0.3 is 10.5 Å². The summed E-state index contributed by atoms with van der Waals surface area (Å²) in [6.45, 7) is 5.54. The standard InChI is InChI=1S/C22H23F3N4O3/c1-21(2,3)29-19(20(30)28-31-13-14-7-9-16(26)10-8-14)18(12-27-29)32-17-6-4-5-15(11-17)22(23,24)25/h4-12H,13,26H2,1-3H3,(H,28,30). The Morgan fingerprint density at radius 2 is 1.81 bits per heavy atom. The Balaban J connectivity index is 1.81. The van der Waals surface area contributed by atoms with Gasteiger partial charge in [-0.25, -0.2) is 5.48 Å². The minimum Gasteiger partial charge on any atom is -0.453 e. The van der Waals surface area contributed by atoms with Crippen LogP contribution in [0.1, 0.15) is 42.4 Å². The minimum absolute atomic E-state index is 0.00664. The number of nitrogens with one attached hydrogen (secondary N) is 1. The van der Waals surface area contributed by atoms with Crippen molar-refractivity contribution in [1.29, 1.82) is 0 Å². The SMILES string of the molecule is CC(C)(C)n1ncc(Oc2cccc(C(F)(F)F)c2)c1C(=O)NOCc1ccc(N)cc1. The van der Waals surface area contributed by atoms with Crippen molar-refractivity contribution in [2.75, 3.05) is 5.73 Å². The molecule has 0 bridgehead atoms. The van der Waals surface area contributed by atoms with Crippen molar-refractivity contribution >= 4 is 11.6 Å². The summed E-state index contributed by atoms with van der Waals surface area (Å²) in [7, 11) is 0. The van der Waals surface area contributed by atoms with Gasteiger partial charge in [-0.3, -0.25) is 14.3 Å². The predicted molar refractivity (Wildman–Crippen MR) is 112 cm³/mol. The zero-order valence-electron chi connectivity index (χ0n) is 17.7. The largest absolute Gasteiger partial charge is 0.453 e. The number of anilines is 1. The van der Waals surface area contributed by atoms with Crippen LogP contribution in [0.15, 0.2) is 54.7 Å². The first-order valence-corrected chi connectivity index (χ1v) is 9.65. The molecular formula is C22H23F3N4O3. The van der Waals surface area contributed by atoms with Crippen LogP contribution in [0.2, 0.25) is 0 Å². The molecule has 1 amide bonds. The molecule has 3 N–H and O–H groups in total. The van der Waals surface area contributed by atoms with Crippen LogP contribution in [0.3, 0.4) is 0 Å². The summed E-state index contributed by atoms with van der Waals surface area (Å²) < 4.78 is 46.1. The molecule has 10 heteroatoms. The van der Waals surface area contributed by atoms with Crippen molar-refractivity contribution in [2.45, 2.75) is 39.1 Å². The number of hydrogen-bond acceptors (Lipinski definition) is 5. The van der Waals surface area contributed by atoms with E-state index in [-0.39, 0.29) is 23.8 Å². The van der Waals surface area contributed by atoms with Crippen molar-refractivity contribution in [1.82, 2.24) is 15.3 Å². The Hall–Kier alpha value is -3.53. The first-order valence-electron chi connectivity index (χ1n) is 9.65. The monoisotopic (exact) mass is 448 g/mol. The van der Waals surface area contributed by atoms with Gasteiger partial charge in [0.2, 0.25) is 0 Å². The Morgan fingerprint density at radius 1 is 1.12 bits per heavy atom. The Kier molecular flexibility index (Phi) is 6.45. The lowest BCUT2D eigenvalue weighted by atomic mass is 10.1. The van der Waals surface area contributed by atoms with E-state index in [2.05, 4.69) is 10.6 Å². The van der Waals surface area contributed by atoms with Gasteiger partial charge in [0.25, 0.3) is 5.91 Å². The van der Waals surface area contributed by atoms with Crippen LogP contribution < -0.4 is 16.0 Å². The summed E-state index contributed by atoms with van der Waals surface area (Å²) >= 11 is 0. The normalized spacial score (nSPS) is 11.9. The predicted octanol–water partition coefficient (Wildman–Crippen LogP) is 4.89. The zero-order valence-corrected chi connectivity index (χ0v) is 17.7. The molecular weight excluding hydrogens is 425 g/mol. The number of carbonyl (C=O) groups excluding carboxylic acids is 1. The summed E-state index contributed by atoms with van der Waals surface area (Å²) in [4.78, 5) is 18.2. The van der Waals surface area contributed by atoms with E-state index in [4.69, 9.17) is 15.3 Å². The number of nitrogens with two attached hydrogens (primary N) is 1. The molecule has 0 spiro atoms. The summed E-state index contributed by atoms with van der Waals surface area (Å²) in [5.41, 5.74) is 7.88. The maximum Gasteiger partial charge on any atom is 0.416 e. The lowest BCUT2D eigenvalue weighted by molar-refractivity contribution is -0.137. The number of aromatic nitrogens is 2. The highest BCUT2D eigenvalue weighted by molar-refractivity contribution is 5.94. The van der Waals surface area contributed by atoms with Crippen LogP contribution in [0.4, 0.5) is 18.9 Å². The van der Waals surface area contributed by atoms with Crippen LogP contribution >= 0.6 is 0 Å². The van der Waals surface area contributed by atoms with E-state index in [1.54, 1.807) is 24.3 Å². The first kappa shape index (κ1) is 23.1. The van der Waals surface area contributed by atoms with Gasteiger partial charge in [0, 0.05) is 5.69 Å². The number of hydroxylamine groups is 1. The molecule has 0 saturated carbocycles. The van der Waals surface area contributed by atoms with Gasteiger partial charge in [-0.15, -0.1) is 0 Å². The second kappa shape index (κ2) is 8.91. The Labute approximate surface area is 182 Å². The van der Waals surface area contributed by atoms with Crippen molar-refractivity contribution in [3.05, 3.63) is 71.5 Å². The number of amides is 1. The van der Waals surface area contributed by atoms with Crippen molar-refractivity contribution in [3.8, 4) is 11.5 Å². The van der Waals surface area contributed by atoms with E-state index in [0.29, 0.717) is 5.69 Å². The van der Waals surface area contributed by atoms with Crippen LogP contribution in [0.5, 0.6) is 11.5 Å². The minimum atomic E-state index is -4.52. The molecule has 0 atom stereocenters. The van der Waals surface area contributed by atoms with E-state index < -0.39 is 23.2 Å². The third-order valence-corrected chi connectivity index (χ3v) is 4.36. The summed E-state index contributed by atoms with van der Waals surface area (Å²) in [6.07, 6.45) is -3.24. The molecule has 1 heterocycles. The smallest absolute Gasteiger partial charge is 0.416 e. The number of ether oxygens (including phenoxy) is 1. The van der Waals surface area contributed by atoms with Crippen molar-refractivity contribution in [2.24, 2.45) is 0 Å². The molecule has 2 aromatic carbocycles. The van der Waals surface area contributed by atoms with Crippen LogP contribution in [-0.4, -0.2) is 15.7 Å². The van der Waals surface area contributed by atoms with Crippen molar-refractivity contribution in [3.63, 3.8) is 0 Å². The maximum atomic E-state index is 13.0. The molecule has 170 valence electrons. The lowest BCUT2D eigenvalue weighted by Crippen LogP contribution is -2.32. The zero-order chi connectivity index (χ0) is 23.5. The van der Waals surface area contributed by atoms with Gasteiger partial charge in [0.05, 0.1) is 23.9 Å². The number of benzene rings is 2. The number of alkyl halides is 3. The van der Waals surface area contributed by atoms with E-state index in [1.165, 1.54) is 23.0 Å². The lowest BCUT2D eigenvalue weighted by Gasteiger charge is -2.22. The summed E-state index contributed by atoms with van der Waals surface area (Å²) in [6, 6.07) is 11.3. The average molecular weight is 448 g/mol. The highest BCUT2D eigenvalue weighted by atomic mass is 19.4. The van der Waals surface area contributed by atoms with Gasteiger partial charge in [-0.2, -0.15) is 18.3 Å². The van der Waals surface area contributed by atoms with Gasteiger partial charge in [0.15, 0.2) is 11.4 Å². The van der Waals surface area contributed by atoms with Crippen LogP contribution in [-0.2, 0) is 23.2 Å².